The first-order chi connectivity index (χ1) is 34.7. The summed E-state index contributed by atoms with van der Waals surface area (Å²) in [6, 6.07) is 98.1. The van der Waals surface area contributed by atoms with Gasteiger partial charge in [-0.3, -0.25) is 0 Å². The molecule has 0 saturated heterocycles. The second-order valence-electron chi connectivity index (χ2n) is 19.0. The van der Waals surface area contributed by atoms with E-state index in [0.717, 1.165) is 5.69 Å². The maximum Gasteiger partial charge on any atom is 0.0726 e. The van der Waals surface area contributed by atoms with Crippen molar-refractivity contribution in [2.24, 2.45) is 0 Å². The summed E-state index contributed by atoms with van der Waals surface area (Å²) in [6.45, 7) is 0. The Hall–Kier alpha value is -8.56. The van der Waals surface area contributed by atoms with Crippen molar-refractivity contribution in [3.63, 3.8) is 0 Å². The van der Waals surface area contributed by atoms with Crippen molar-refractivity contribution < 1.29 is 0 Å². The largest absolute Gasteiger partial charge is 0.309 e. The number of nitrogens with zero attached hydrogens (tertiary/aromatic N) is 1. The first-order valence-corrected chi connectivity index (χ1v) is 25.2. The van der Waals surface area contributed by atoms with Gasteiger partial charge in [-0.2, -0.15) is 0 Å². The molecule has 0 fully saturated rings. The summed E-state index contributed by atoms with van der Waals surface area (Å²) in [5, 5.41) is 2.55. The quantitative estimate of drug-likeness (QED) is 0.161. The van der Waals surface area contributed by atoms with Gasteiger partial charge in [0.25, 0.3) is 0 Å². The van der Waals surface area contributed by atoms with Crippen LogP contribution in [-0.4, -0.2) is 0 Å². The third-order valence-electron chi connectivity index (χ3n) is 15.8. The van der Waals surface area contributed by atoms with Crippen LogP contribution in [-0.2, 0) is 10.8 Å². The second-order valence-corrected chi connectivity index (χ2v) is 20.1. The molecule has 11 aromatic carbocycles. The van der Waals surface area contributed by atoms with Crippen molar-refractivity contribution in [1.82, 2.24) is 0 Å². The van der Waals surface area contributed by atoms with Crippen molar-refractivity contribution in [2.75, 3.05) is 4.90 Å². The van der Waals surface area contributed by atoms with E-state index in [2.05, 4.69) is 266 Å². The van der Waals surface area contributed by atoms with E-state index in [1.807, 2.05) is 11.3 Å². The maximum atomic E-state index is 2.60. The number of rotatable bonds is 6. The fraction of sp³-hybridized carbons (Fsp3) is 0.0294. The lowest BCUT2D eigenvalue weighted by Crippen LogP contribution is -2.28. The van der Waals surface area contributed by atoms with E-state index >= 15 is 0 Å². The lowest BCUT2D eigenvalue weighted by Gasteiger charge is -2.34. The molecular weight excluding hydrogens is 863 g/mol. The van der Waals surface area contributed by atoms with Crippen LogP contribution in [0.3, 0.4) is 0 Å². The first-order valence-electron chi connectivity index (χ1n) is 24.3. The molecule has 1 unspecified atom stereocenters. The smallest absolute Gasteiger partial charge is 0.0726 e. The first kappa shape index (κ1) is 39.4. The van der Waals surface area contributed by atoms with Crippen LogP contribution in [0, 0.1) is 0 Å². The Balaban J connectivity index is 1.04. The van der Waals surface area contributed by atoms with E-state index in [-0.39, 0.29) is 0 Å². The van der Waals surface area contributed by atoms with Gasteiger partial charge in [-0.1, -0.05) is 218 Å². The van der Waals surface area contributed by atoms with Gasteiger partial charge in [-0.05, 0) is 126 Å². The molecule has 3 aliphatic rings. The van der Waals surface area contributed by atoms with E-state index in [1.54, 1.807) is 0 Å². The molecule has 3 aliphatic carbocycles. The minimum Gasteiger partial charge on any atom is -0.309 e. The molecule has 12 aromatic rings. The van der Waals surface area contributed by atoms with Gasteiger partial charge >= 0.3 is 0 Å². The molecule has 0 bridgehead atoms. The second kappa shape index (κ2) is 15.0. The van der Waals surface area contributed by atoms with Gasteiger partial charge in [-0.25, -0.2) is 0 Å². The Morgan fingerprint density at radius 2 is 0.829 bits per heavy atom. The number of benzene rings is 11. The number of anilines is 3. The number of hydrogen-bond donors (Lipinski definition) is 0. The summed E-state index contributed by atoms with van der Waals surface area (Å²) in [4.78, 5) is 2.60. The van der Waals surface area contributed by atoms with Crippen LogP contribution in [0.2, 0.25) is 0 Å². The standard InChI is InChI=1S/C68H43NS/c1-4-20-44(21-5-1)45-38-40-51-49-26-10-15-31-56(49)68(60(51)42-45)57-32-16-12-28-52(57)65-59(68)33-18-34-61(65)69(62-35-19-37-64-66(62)53-29-13-17-36-63(53)70-64)48-39-41-58-54(43-48)50-27-11-14-30-55(50)67(58,46-22-6-2-7-23-46)47-24-8-3-9-25-47/h1-43H. The van der Waals surface area contributed by atoms with Gasteiger partial charge in [0.1, 0.15) is 0 Å². The summed E-state index contributed by atoms with van der Waals surface area (Å²) in [5.41, 5.74) is 23.0. The van der Waals surface area contributed by atoms with E-state index in [0.29, 0.717) is 0 Å². The van der Waals surface area contributed by atoms with Crippen LogP contribution in [0.5, 0.6) is 0 Å². The van der Waals surface area contributed by atoms with Crippen LogP contribution >= 0.6 is 11.3 Å². The lowest BCUT2D eigenvalue weighted by molar-refractivity contribution is 0.768. The van der Waals surface area contributed by atoms with Gasteiger partial charge < -0.3 is 4.90 Å². The molecule has 2 heteroatoms. The van der Waals surface area contributed by atoms with Crippen molar-refractivity contribution in [2.45, 2.75) is 10.8 Å². The van der Waals surface area contributed by atoms with Crippen molar-refractivity contribution in [1.29, 1.82) is 0 Å². The van der Waals surface area contributed by atoms with Gasteiger partial charge in [-0.15, -0.1) is 11.3 Å². The Morgan fingerprint density at radius 3 is 1.57 bits per heavy atom. The van der Waals surface area contributed by atoms with Gasteiger partial charge in [0.2, 0.25) is 0 Å². The zero-order chi connectivity index (χ0) is 46.0. The molecule has 0 amide bonds. The molecular formula is C68H43NS. The molecule has 0 radical (unpaired) electrons. The minimum atomic E-state index is -0.534. The Kier molecular flexibility index (Phi) is 8.43. The molecule has 1 heterocycles. The lowest BCUT2D eigenvalue weighted by atomic mass is 9.68. The highest BCUT2D eigenvalue weighted by Gasteiger charge is 2.53. The van der Waals surface area contributed by atoms with Gasteiger partial charge in [0.15, 0.2) is 0 Å². The molecule has 326 valence electrons. The molecule has 1 atom stereocenters. The summed E-state index contributed by atoms with van der Waals surface area (Å²) in [7, 11) is 0. The molecule has 0 N–H and O–H groups in total. The van der Waals surface area contributed by atoms with E-state index in [9.17, 15) is 0 Å². The average molecular weight is 906 g/mol. The Labute approximate surface area is 411 Å². The number of fused-ring (bicyclic) bond motifs is 16. The molecule has 15 rings (SSSR count). The minimum absolute atomic E-state index is 0.497. The molecule has 1 nitrogen and oxygen atoms in total. The fourth-order valence-corrected chi connectivity index (χ4v) is 14.2. The third kappa shape index (κ3) is 5.21. The highest BCUT2D eigenvalue weighted by molar-refractivity contribution is 7.26. The SMILES string of the molecule is c1ccc(-c2ccc3c(c2)C2(c4ccccc4-3)c3ccccc3-c3c(N(c4ccc5c(c4)-c4ccccc4C5(c4ccccc4)c4ccccc4)c4cccc5sc6ccccc6c45)cccc32)cc1. The van der Waals surface area contributed by atoms with Crippen LogP contribution in [0.4, 0.5) is 17.1 Å². The van der Waals surface area contributed by atoms with Gasteiger partial charge in [0.05, 0.1) is 22.2 Å². The normalized spacial score (nSPS) is 15.3. The topological polar surface area (TPSA) is 3.24 Å². The van der Waals surface area contributed by atoms with Crippen molar-refractivity contribution >= 4 is 48.6 Å². The predicted molar refractivity (Wildman–Crippen MR) is 293 cm³/mol. The predicted octanol–water partition coefficient (Wildman–Crippen LogP) is 17.9. The van der Waals surface area contributed by atoms with Crippen molar-refractivity contribution in [3.05, 3.63) is 305 Å². The van der Waals surface area contributed by atoms with E-state index in [4.69, 9.17) is 0 Å². The Bertz CT molecular complexity index is 4030. The zero-order valence-electron chi connectivity index (χ0n) is 38.2. The van der Waals surface area contributed by atoms with Crippen LogP contribution in [0.25, 0.3) is 64.7 Å². The van der Waals surface area contributed by atoms with E-state index < -0.39 is 10.8 Å². The summed E-state index contributed by atoms with van der Waals surface area (Å²) in [5.74, 6) is 0. The monoisotopic (exact) mass is 905 g/mol. The summed E-state index contributed by atoms with van der Waals surface area (Å²) < 4.78 is 2.57. The third-order valence-corrected chi connectivity index (χ3v) is 16.9. The van der Waals surface area contributed by atoms with E-state index in [1.165, 1.54) is 121 Å². The molecule has 0 saturated carbocycles. The molecule has 70 heavy (non-hydrogen) atoms. The highest BCUT2D eigenvalue weighted by atomic mass is 32.1. The fourth-order valence-electron chi connectivity index (χ4n) is 13.1. The van der Waals surface area contributed by atoms with Crippen molar-refractivity contribution in [3.8, 4) is 44.5 Å². The molecule has 1 aromatic heterocycles. The highest BCUT2D eigenvalue weighted by Crippen LogP contribution is 2.66. The average Bonchev–Trinajstić information content (AvgIpc) is 4.15. The maximum absolute atomic E-state index is 2.60. The number of thiophene rings is 1. The summed E-state index contributed by atoms with van der Waals surface area (Å²) in [6.07, 6.45) is 0. The molecule has 0 aliphatic heterocycles. The van der Waals surface area contributed by atoms with Crippen LogP contribution < -0.4 is 4.90 Å². The van der Waals surface area contributed by atoms with Crippen LogP contribution in [0.15, 0.2) is 261 Å². The number of hydrogen-bond acceptors (Lipinski definition) is 2. The Morgan fingerprint density at radius 1 is 0.300 bits per heavy atom. The molecule has 1 spiro atoms. The summed E-state index contributed by atoms with van der Waals surface area (Å²) >= 11 is 1.88. The zero-order valence-corrected chi connectivity index (χ0v) is 39.0. The van der Waals surface area contributed by atoms with Crippen LogP contribution in [0.1, 0.15) is 44.5 Å². The van der Waals surface area contributed by atoms with Gasteiger partial charge in [0, 0.05) is 31.4 Å².